The van der Waals surface area contributed by atoms with Gasteiger partial charge in [-0.15, -0.1) is 0 Å². The Balaban J connectivity index is 2.41. The number of Topliss-reactive ketones (excluding diaryl/α,β-unsaturated/α-hetero) is 1. The Labute approximate surface area is 174 Å². The standard InChI is InChI=1S/C22H37N3O4/c1-15(2)20(17(5)26)23-22(29)21(16(3)4)24(6)13-9-7-8-10-14-25-18(27)11-12-19(25)28/h11-12,15-16,20-21H,7-10,13-14H2,1-6H3,(H,23,29)/t20-,21?/m0/s1. The van der Waals surface area contributed by atoms with E-state index in [1.807, 2.05) is 34.7 Å². The molecule has 1 unspecified atom stereocenters. The molecule has 1 aliphatic heterocycles. The predicted molar refractivity (Wildman–Crippen MR) is 113 cm³/mol. The maximum absolute atomic E-state index is 12.8. The van der Waals surface area contributed by atoms with Gasteiger partial charge in [0, 0.05) is 18.7 Å². The molecule has 164 valence electrons. The number of hydrogen-bond acceptors (Lipinski definition) is 5. The molecule has 0 fully saturated rings. The second kappa shape index (κ2) is 11.9. The highest BCUT2D eigenvalue weighted by Gasteiger charge is 2.30. The van der Waals surface area contributed by atoms with Gasteiger partial charge in [-0.25, -0.2) is 0 Å². The monoisotopic (exact) mass is 407 g/mol. The van der Waals surface area contributed by atoms with Crippen molar-refractivity contribution in [2.75, 3.05) is 20.1 Å². The number of nitrogens with one attached hydrogen (secondary N) is 1. The molecule has 0 spiro atoms. The number of ketones is 1. The Morgan fingerprint density at radius 1 is 0.966 bits per heavy atom. The van der Waals surface area contributed by atoms with Gasteiger partial charge in [0.2, 0.25) is 5.91 Å². The molecule has 1 N–H and O–H groups in total. The molecule has 0 aromatic rings. The maximum atomic E-state index is 12.8. The van der Waals surface area contributed by atoms with Gasteiger partial charge in [0.1, 0.15) is 0 Å². The van der Waals surface area contributed by atoms with Gasteiger partial charge in [-0.3, -0.25) is 29.0 Å². The van der Waals surface area contributed by atoms with Gasteiger partial charge < -0.3 is 5.32 Å². The van der Waals surface area contributed by atoms with Gasteiger partial charge >= 0.3 is 0 Å². The molecular formula is C22H37N3O4. The van der Waals surface area contributed by atoms with Crippen LogP contribution in [0.4, 0.5) is 0 Å². The zero-order chi connectivity index (χ0) is 22.1. The Morgan fingerprint density at radius 3 is 2.00 bits per heavy atom. The lowest BCUT2D eigenvalue weighted by Gasteiger charge is -2.32. The van der Waals surface area contributed by atoms with E-state index in [4.69, 9.17) is 0 Å². The summed E-state index contributed by atoms with van der Waals surface area (Å²) in [5.41, 5.74) is 0. The predicted octanol–water partition coefficient (Wildman–Crippen LogP) is 2.16. The van der Waals surface area contributed by atoms with Crippen molar-refractivity contribution >= 4 is 23.5 Å². The van der Waals surface area contributed by atoms with Crippen LogP contribution in [0.5, 0.6) is 0 Å². The summed E-state index contributed by atoms with van der Waals surface area (Å²) in [6.07, 6.45) is 6.21. The van der Waals surface area contributed by atoms with Crippen LogP contribution >= 0.6 is 0 Å². The van der Waals surface area contributed by atoms with Crippen molar-refractivity contribution in [3.05, 3.63) is 12.2 Å². The minimum absolute atomic E-state index is 0.0244. The first-order valence-corrected chi connectivity index (χ1v) is 10.6. The van der Waals surface area contributed by atoms with Crippen molar-refractivity contribution in [3.63, 3.8) is 0 Å². The first kappa shape index (κ1) is 25.0. The number of likely N-dealkylation sites (N-methyl/N-ethyl adjacent to an activating group) is 1. The molecule has 0 saturated carbocycles. The zero-order valence-electron chi connectivity index (χ0n) is 18.7. The molecule has 0 saturated heterocycles. The molecule has 0 radical (unpaired) electrons. The number of nitrogens with zero attached hydrogens (tertiary/aromatic N) is 2. The Morgan fingerprint density at radius 2 is 1.52 bits per heavy atom. The van der Waals surface area contributed by atoms with E-state index in [1.54, 1.807) is 0 Å². The quantitative estimate of drug-likeness (QED) is 0.373. The molecule has 29 heavy (non-hydrogen) atoms. The number of hydrogen-bond donors (Lipinski definition) is 1. The highest BCUT2D eigenvalue weighted by Crippen LogP contribution is 2.14. The second-order valence-electron chi connectivity index (χ2n) is 8.59. The van der Waals surface area contributed by atoms with Crippen molar-refractivity contribution in [1.29, 1.82) is 0 Å². The summed E-state index contributed by atoms with van der Waals surface area (Å²) < 4.78 is 0. The van der Waals surface area contributed by atoms with E-state index in [1.165, 1.54) is 24.0 Å². The number of carbonyl (C=O) groups excluding carboxylic acids is 4. The number of rotatable bonds is 13. The van der Waals surface area contributed by atoms with Crippen molar-refractivity contribution < 1.29 is 19.2 Å². The third kappa shape index (κ3) is 7.72. The molecule has 0 aromatic carbocycles. The van der Waals surface area contributed by atoms with Gasteiger partial charge in [-0.05, 0) is 45.2 Å². The number of carbonyl (C=O) groups is 4. The normalized spacial score (nSPS) is 16.2. The van der Waals surface area contributed by atoms with Crippen LogP contribution in [0.25, 0.3) is 0 Å². The van der Waals surface area contributed by atoms with E-state index >= 15 is 0 Å². The fraction of sp³-hybridized carbons (Fsp3) is 0.727. The lowest BCUT2D eigenvalue weighted by atomic mass is 9.97. The van der Waals surface area contributed by atoms with Crippen LogP contribution in [0.3, 0.4) is 0 Å². The summed E-state index contributed by atoms with van der Waals surface area (Å²) in [7, 11) is 1.94. The molecule has 7 nitrogen and oxygen atoms in total. The van der Waals surface area contributed by atoms with Crippen LogP contribution in [-0.2, 0) is 19.2 Å². The van der Waals surface area contributed by atoms with E-state index in [0.29, 0.717) is 6.54 Å². The highest BCUT2D eigenvalue weighted by atomic mass is 16.2. The molecule has 0 aromatic heterocycles. The van der Waals surface area contributed by atoms with Crippen LogP contribution in [0, 0.1) is 11.8 Å². The molecule has 7 heteroatoms. The number of imide groups is 1. The number of amides is 3. The second-order valence-corrected chi connectivity index (χ2v) is 8.59. The van der Waals surface area contributed by atoms with Crippen LogP contribution in [-0.4, -0.2) is 65.5 Å². The first-order valence-electron chi connectivity index (χ1n) is 10.6. The SMILES string of the molecule is CC(=O)[C@@H](NC(=O)C(C(C)C)N(C)CCCCCCN1C(=O)C=CC1=O)C(C)C. The summed E-state index contributed by atoms with van der Waals surface area (Å²) in [6.45, 7) is 10.6. The summed E-state index contributed by atoms with van der Waals surface area (Å²) in [6, 6.07) is -0.746. The molecule has 0 aliphatic carbocycles. The van der Waals surface area contributed by atoms with E-state index < -0.39 is 6.04 Å². The minimum atomic E-state index is -0.456. The van der Waals surface area contributed by atoms with Gasteiger partial charge in [-0.2, -0.15) is 0 Å². The number of unbranched alkanes of at least 4 members (excludes halogenated alkanes) is 3. The van der Waals surface area contributed by atoms with Gasteiger partial charge in [0.05, 0.1) is 12.1 Å². The third-order valence-corrected chi connectivity index (χ3v) is 5.32. The first-order chi connectivity index (χ1) is 13.6. The van der Waals surface area contributed by atoms with Gasteiger partial charge in [-0.1, -0.05) is 40.5 Å². The molecule has 1 aliphatic rings. The Bertz CT molecular complexity index is 610. The zero-order valence-corrected chi connectivity index (χ0v) is 18.7. The van der Waals surface area contributed by atoms with Crippen LogP contribution in [0.1, 0.15) is 60.3 Å². The smallest absolute Gasteiger partial charge is 0.253 e. The lowest BCUT2D eigenvalue weighted by Crippen LogP contribution is -2.53. The molecule has 2 atom stereocenters. The largest absolute Gasteiger partial charge is 0.345 e. The van der Waals surface area contributed by atoms with Gasteiger partial charge in [0.15, 0.2) is 5.78 Å². The highest BCUT2D eigenvalue weighted by molar-refractivity contribution is 6.12. The molecule has 3 amide bonds. The topological polar surface area (TPSA) is 86.8 Å². The fourth-order valence-electron chi connectivity index (χ4n) is 3.76. The molecular weight excluding hydrogens is 370 g/mol. The maximum Gasteiger partial charge on any atom is 0.253 e. The van der Waals surface area contributed by atoms with Crippen molar-refractivity contribution in [1.82, 2.24) is 15.1 Å². The molecule has 1 heterocycles. The Kier molecular flexibility index (Phi) is 10.2. The summed E-state index contributed by atoms with van der Waals surface area (Å²) >= 11 is 0. The Hall–Kier alpha value is -2.02. The lowest BCUT2D eigenvalue weighted by molar-refractivity contribution is -0.136. The van der Waals surface area contributed by atoms with Crippen molar-refractivity contribution in [2.24, 2.45) is 11.8 Å². The molecule has 0 bridgehead atoms. The van der Waals surface area contributed by atoms with E-state index in [9.17, 15) is 19.2 Å². The van der Waals surface area contributed by atoms with Crippen LogP contribution in [0.2, 0.25) is 0 Å². The molecule has 1 rings (SSSR count). The third-order valence-electron chi connectivity index (χ3n) is 5.32. The summed E-state index contributed by atoms with van der Waals surface area (Å²) in [5.74, 6) is -0.409. The van der Waals surface area contributed by atoms with Gasteiger partial charge in [0.25, 0.3) is 11.8 Å². The fourth-order valence-corrected chi connectivity index (χ4v) is 3.76. The van der Waals surface area contributed by atoms with Crippen LogP contribution < -0.4 is 5.32 Å². The summed E-state index contributed by atoms with van der Waals surface area (Å²) in [5, 5.41) is 2.92. The van der Waals surface area contributed by atoms with Crippen molar-refractivity contribution in [3.8, 4) is 0 Å². The van der Waals surface area contributed by atoms with E-state index in [0.717, 1.165) is 32.2 Å². The minimum Gasteiger partial charge on any atom is -0.345 e. The average molecular weight is 408 g/mol. The van der Waals surface area contributed by atoms with E-state index in [2.05, 4.69) is 10.2 Å². The van der Waals surface area contributed by atoms with Crippen LogP contribution in [0.15, 0.2) is 12.2 Å². The van der Waals surface area contributed by atoms with E-state index in [-0.39, 0.29) is 41.4 Å². The average Bonchev–Trinajstić information content (AvgIpc) is 2.93. The van der Waals surface area contributed by atoms with Crippen molar-refractivity contribution in [2.45, 2.75) is 72.4 Å². The summed E-state index contributed by atoms with van der Waals surface area (Å²) in [4.78, 5) is 51.0.